The molecule has 0 spiro atoms. The predicted octanol–water partition coefficient (Wildman–Crippen LogP) is 1.06. The van der Waals surface area contributed by atoms with E-state index in [-0.39, 0.29) is 18.1 Å². The second kappa shape index (κ2) is 3.20. The number of hydrogen-bond acceptors (Lipinski definition) is 3. The molecule has 0 amide bonds. The van der Waals surface area contributed by atoms with Crippen LogP contribution in [0.4, 0.5) is 0 Å². The molecule has 1 radical (unpaired) electrons. The van der Waals surface area contributed by atoms with Gasteiger partial charge >= 0.3 is 0 Å². The summed E-state index contributed by atoms with van der Waals surface area (Å²) in [4.78, 5) is 10.6. The summed E-state index contributed by atoms with van der Waals surface area (Å²) in [6, 6.07) is 6.85. The average Bonchev–Trinajstić information content (AvgIpc) is 2.41. The van der Waals surface area contributed by atoms with Crippen molar-refractivity contribution in [2.24, 2.45) is 0 Å². The predicted molar refractivity (Wildman–Crippen MR) is 51.5 cm³/mol. The van der Waals surface area contributed by atoms with Crippen LogP contribution in [0.15, 0.2) is 29.2 Å². The molecular formula is C10H9O3S. The van der Waals surface area contributed by atoms with Crippen LogP contribution in [0.1, 0.15) is 17.9 Å². The van der Waals surface area contributed by atoms with Crippen LogP contribution < -0.4 is 0 Å². The highest BCUT2D eigenvalue weighted by Crippen LogP contribution is 2.35. The molecule has 14 heavy (non-hydrogen) atoms. The molecule has 2 rings (SSSR count). The van der Waals surface area contributed by atoms with Crippen molar-refractivity contribution in [3.05, 3.63) is 29.8 Å². The van der Waals surface area contributed by atoms with Gasteiger partial charge in [0.15, 0.2) is 16.1 Å². The van der Waals surface area contributed by atoms with Crippen LogP contribution in [0.2, 0.25) is 0 Å². The molecule has 1 aromatic rings. The van der Waals surface area contributed by atoms with E-state index in [1.165, 1.54) is 0 Å². The topological polar surface area (TPSA) is 51.2 Å². The quantitative estimate of drug-likeness (QED) is 0.731. The number of sulfone groups is 1. The monoisotopic (exact) mass is 209 g/mol. The standard InChI is InChI=1S/C10H9O3S/c11-6-5-8-7-14(12,13)10-4-2-1-3-9(8)10/h1-4,8H,5,7H2. The lowest BCUT2D eigenvalue weighted by molar-refractivity contribution is 0.545. The summed E-state index contributed by atoms with van der Waals surface area (Å²) < 4.78 is 23.2. The number of carbonyl (C=O) groups excluding carboxylic acids is 1. The smallest absolute Gasteiger partial charge is 0.199 e. The molecule has 1 heterocycles. The zero-order valence-electron chi connectivity index (χ0n) is 7.43. The van der Waals surface area contributed by atoms with Gasteiger partial charge in [-0.05, 0) is 11.6 Å². The largest absolute Gasteiger partial charge is 0.291 e. The maximum Gasteiger partial charge on any atom is 0.199 e. The summed E-state index contributed by atoms with van der Waals surface area (Å²) in [5, 5.41) is 0. The maximum absolute atomic E-state index is 11.6. The SMILES string of the molecule is O=[C]CC1CS(=O)(=O)c2ccccc21. The van der Waals surface area contributed by atoms with Gasteiger partial charge in [0.2, 0.25) is 0 Å². The zero-order valence-corrected chi connectivity index (χ0v) is 8.25. The van der Waals surface area contributed by atoms with Gasteiger partial charge in [-0.15, -0.1) is 0 Å². The van der Waals surface area contributed by atoms with Gasteiger partial charge in [-0.25, -0.2) is 8.42 Å². The first kappa shape index (κ1) is 9.40. The molecule has 0 saturated carbocycles. The van der Waals surface area contributed by atoms with Crippen LogP contribution >= 0.6 is 0 Å². The molecular weight excluding hydrogens is 200 g/mol. The summed E-state index contributed by atoms with van der Waals surface area (Å²) in [6.07, 6.45) is 1.94. The average molecular weight is 209 g/mol. The fourth-order valence-corrected chi connectivity index (χ4v) is 3.70. The number of hydrogen-bond donors (Lipinski definition) is 0. The minimum Gasteiger partial charge on any atom is -0.291 e. The summed E-state index contributed by atoms with van der Waals surface area (Å²) in [7, 11) is -3.16. The van der Waals surface area contributed by atoms with Crippen molar-refractivity contribution in [3.8, 4) is 0 Å². The highest BCUT2D eigenvalue weighted by atomic mass is 32.2. The van der Waals surface area contributed by atoms with Crippen LogP contribution in [-0.2, 0) is 14.6 Å². The molecule has 0 fully saturated rings. The van der Waals surface area contributed by atoms with E-state index in [2.05, 4.69) is 0 Å². The summed E-state index contributed by atoms with van der Waals surface area (Å²) >= 11 is 0. The van der Waals surface area contributed by atoms with Crippen LogP contribution in [0, 0.1) is 0 Å². The minimum absolute atomic E-state index is 0.0432. The first-order valence-corrected chi connectivity index (χ1v) is 5.97. The van der Waals surface area contributed by atoms with Gasteiger partial charge in [-0.2, -0.15) is 0 Å². The lowest BCUT2D eigenvalue weighted by Gasteiger charge is -2.02. The first-order valence-electron chi connectivity index (χ1n) is 4.32. The molecule has 1 aliphatic rings. The highest BCUT2D eigenvalue weighted by molar-refractivity contribution is 7.91. The normalized spacial score (nSPS) is 23.0. The third-order valence-electron chi connectivity index (χ3n) is 2.44. The molecule has 1 atom stereocenters. The van der Waals surface area contributed by atoms with Crippen LogP contribution in [-0.4, -0.2) is 20.5 Å². The van der Waals surface area contributed by atoms with Gasteiger partial charge in [0, 0.05) is 12.3 Å². The van der Waals surface area contributed by atoms with E-state index in [9.17, 15) is 13.2 Å². The lowest BCUT2D eigenvalue weighted by Crippen LogP contribution is -2.03. The molecule has 1 unspecified atom stereocenters. The van der Waals surface area contributed by atoms with Crippen molar-refractivity contribution in [1.29, 1.82) is 0 Å². The zero-order chi connectivity index (χ0) is 10.2. The van der Waals surface area contributed by atoms with Gasteiger partial charge < -0.3 is 0 Å². The molecule has 0 aromatic heterocycles. The van der Waals surface area contributed by atoms with Crippen molar-refractivity contribution in [3.63, 3.8) is 0 Å². The van der Waals surface area contributed by atoms with E-state index < -0.39 is 9.84 Å². The molecule has 0 bridgehead atoms. The van der Waals surface area contributed by atoms with Gasteiger partial charge in [0.1, 0.15) is 0 Å². The maximum atomic E-state index is 11.6. The Morgan fingerprint density at radius 1 is 1.36 bits per heavy atom. The fourth-order valence-electron chi connectivity index (χ4n) is 1.81. The Kier molecular flexibility index (Phi) is 2.15. The van der Waals surface area contributed by atoms with Gasteiger partial charge in [0.05, 0.1) is 10.6 Å². The number of rotatable bonds is 2. The summed E-state index contributed by atoms with van der Waals surface area (Å²) in [5.74, 6) is -0.157. The van der Waals surface area contributed by atoms with E-state index in [1.54, 1.807) is 30.6 Å². The molecule has 0 aliphatic carbocycles. The summed E-state index contributed by atoms with van der Waals surface area (Å²) in [5.41, 5.74) is 0.760. The minimum atomic E-state index is -3.16. The third kappa shape index (κ3) is 1.35. The Bertz CT molecular complexity index is 462. The molecule has 73 valence electrons. The van der Waals surface area contributed by atoms with Crippen LogP contribution in [0.25, 0.3) is 0 Å². The lowest BCUT2D eigenvalue weighted by atomic mass is 9.99. The third-order valence-corrected chi connectivity index (χ3v) is 4.33. The van der Waals surface area contributed by atoms with Crippen LogP contribution in [0.5, 0.6) is 0 Å². The van der Waals surface area contributed by atoms with Gasteiger partial charge in [0.25, 0.3) is 0 Å². The molecule has 1 aromatic carbocycles. The van der Waals surface area contributed by atoms with E-state index in [0.29, 0.717) is 4.90 Å². The Hall–Kier alpha value is -1.16. The molecule has 0 saturated heterocycles. The molecule has 0 N–H and O–H groups in total. The van der Waals surface area contributed by atoms with E-state index in [0.717, 1.165) is 5.56 Å². The Morgan fingerprint density at radius 3 is 2.79 bits per heavy atom. The Balaban J connectivity index is 2.54. The van der Waals surface area contributed by atoms with Crippen molar-refractivity contribution in [1.82, 2.24) is 0 Å². The summed E-state index contributed by atoms with van der Waals surface area (Å²) in [6.45, 7) is 0. The highest BCUT2D eigenvalue weighted by Gasteiger charge is 2.33. The fraction of sp³-hybridized carbons (Fsp3) is 0.300. The molecule has 4 heteroatoms. The number of benzene rings is 1. The van der Waals surface area contributed by atoms with Crippen molar-refractivity contribution >= 4 is 16.1 Å². The van der Waals surface area contributed by atoms with E-state index >= 15 is 0 Å². The Labute approximate surface area is 82.7 Å². The second-order valence-electron chi connectivity index (χ2n) is 3.36. The first-order chi connectivity index (χ1) is 6.65. The molecule has 1 aliphatic heterocycles. The van der Waals surface area contributed by atoms with E-state index in [4.69, 9.17) is 0 Å². The molecule has 3 nitrogen and oxygen atoms in total. The second-order valence-corrected chi connectivity index (χ2v) is 5.37. The Morgan fingerprint density at radius 2 is 2.07 bits per heavy atom. The van der Waals surface area contributed by atoms with Crippen molar-refractivity contribution < 1.29 is 13.2 Å². The van der Waals surface area contributed by atoms with Gasteiger partial charge in [-0.1, -0.05) is 18.2 Å². The van der Waals surface area contributed by atoms with Crippen LogP contribution in [0.3, 0.4) is 0 Å². The van der Waals surface area contributed by atoms with E-state index in [1.807, 2.05) is 0 Å². The van der Waals surface area contributed by atoms with Crippen molar-refractivity contribution in [2.45, 2.75) is 17.2 Å². The van der Waals surface area contributed by atoms with Gasteiger partial charge in [-0.3, -0.25) is 4.79 Å². The number of fused-ring (bicyclic) bond motifs is 1. The van der Waals surface area contributed by atoms with Crippen molar-refractivity contribution in [2.75, 3.05) is 5.75 Å².